The molecule has 1 atom stereocenters. The summed E-state index contributed by atoms with van der Waals surface area (Å²) in [5.74, 6) is -0.863. The zero-order valence-electron chi connectivity index (χ0n) is 22.3. The Morgan fingerprint density at radius 1 is 1.00 bits per heavy atom. The topological polar surface area (TPSA) is 86.8 Å². The number of hydrogen-bond acceptors (Lipinski definition) is 4. The minimum atomic E-state index is -3.83. The van der Waals surface area contributed by atoms with Gasteiger partial charge in [0.25, 0.3) is 0 Å². The summed E-state index contributed by atoms with van der Waals surface area (Å²) in [7, 11) is -3.83. The average Bonchev–Trinajstić information content (AvgIpc) is 2.91. The molecule has 3 aromatic rings. The van der Waals surface area contributed by atoms with Gasteiger partial charge in [-0.05, 0) is 76.5 Å². The van der Waals surface area contributed by atoms with E-state index in [0.717, 1.165) is 32.5 Å². The van der Waals surface area contributed by atoms with E-state index < -0.39 is 28.5 Å². The second kappa shape index (κ2) is 15.0. The Morgan fingerprint density at radius 3 is 2.27 bits per heavy atom. The van der Waals surface area contributed by atoms with Crippen molar-refractivity contribution in [1.82, 2.24) is 10.2 Å². The van der Waals surface area contributed by atoms with Crippen molar-refractivity contribution in [1.29, 1.82) is 0 Å². The molecule has 0 saturated carbocycles. The maximum Gasteiger partial charge on any atom is 0.244 e. The number of nitrogens with one attached hydrogen (secondary N) is 1. The monoisotopic (exact) mass is 715 g/mol. The van der Waals surface area contributed by atoms with Crippen LogP contribution in [0, 0.1) is 3.57 Å². The van der Waals surface area contributed by atoms with Gasteiger partial charge in [0.2, 0.25) is 21.8 Å². The molecule has 0 aliphatic rings. The standard InChI is InChI=1S/C29H32Cl2IN3O4S/c1-3-4-16-33-29(37)27(17-21-8-6-5-7-9-21)34(19-22-10-11-23(30)18-26(22)31)28(36)20-35(40(2,38)39)25-14-12-24(32)13-15-25/h5-15,18,27H,3-4,16-17,19-20H2,1-2H3,(H,33,37)/t27-/m1/s1. The quantitative estimate of drug-likeness (QED) is 0.176. The molecule has 0 fully saturated rings. The molecule has 0 radical (unpaired) electrons. The molecule has 0 aliphatic carbocycles. The number of amides is 2. The van der Waals surface area contributed by atoms with Gasteiger partial charge in [0.05, 0.1) is 11.9 Å². The van der Waals surface area contributed by atoms with Crippen LogP contribution in [0.2, 0.25) is 10.0 Å². The number of anilines is 1. The molecule has 3 aromatic carbocycles. The number of sulfonamides is 1. The average molecular weight is 716 g/mol. The minimum absolute atomic E-state index is 0.0160. The van der Waals surface area contributed by atoms with Gasteiger partial charge >= 0.3 is 0 Å². The third-order valence-corrected chi connectivity index (χ3v) is 8.70. The van der Waals surface area contributed by atoms with Crippen LogP contribution < -0.4 is 9.62 Å². The molecule has 7 nitrogen and oxygen atoms in total. The number of benzene rings is 3. The zero-order chi connectivity index (χ0) is 29.3. The summed E-state index contributed by atoms with van der Waals surface area (Å²) >= 11 is 14.7. The van der Waals surface area contributed by atoms with Gasteiger partial charge < -0.3 is 10.2 Å². The van der Waals surface area contributed by atoms with Gasteiger partial charge in [-0.25, -0.2) is 8.42 Å². The molecular weight excluding hydrogens is 684 g/mol. The van der Waals surface area contributed by atoms with Crippen molar-refractivity contribution in [3.63, 3.8) is 0 Å². The maximum absolute atomic E-state index is 14.1. The van der Waals surface area contributed by atoms with Gasteiger partial charge in [-0.2, -0.15) is 0 Å². The maximum atomic E-state index is 14.1. The van der Waals surface area contributed by atoms with Crippen LogP contribution >= 0.6 is 45.8 Å². The Morgan fingerprint density at radius 2 is 1.68 bits per heavy atom. The van der Waals surface area contributed by atoms with Gasteiger partial charge in [0.1, 0.15) is 12.6 Å². The zero-order valence-corrected chi connectivity index (χ0v) is 26.8. The highest BCUT2D eigenvalue weighted by atomic mass is 127. The van der Waals surface area contributed by atoms with E-state index in [-0.39, 0.29) is 18.9 Å². The first kappa shape index (κ1) is 32.2. The molecule has 0 heterocycles. The SMILES string of the molecule is CCCCNC(=O)[C@@H](Cc1ccccc1)N(Cc1ccc(Cl)cc1Cl)C(=O)CN(c1ccc(I)cc1)S(C)(=O)=O. The van der Waals surface area contributed by atoms with E-state index in [2.05, 4.69) is 27.9 Å². The highest BCUT2D eigenvalue weighted by molar-refractivity contribution is 14.1. The van der Waals surface area contributed by atoms with E-state index >= 15 is 0 Å². The van der Waals surface area contributed by atoms with E-state index in [1.807, 2.05) is 37.3 Å². The van der Waals surface area contributed by atoms with Crippen LogP contribution in [0.3, 0.4) is 0 Å². The van der Waals surface area contributed by atoms with Crippen molar-refractivity contribution in [2.75, 3.05) is 23.7 Å². The Hall–Kier alpha value is -2.34. The van der Waals surface area contributed by atoms with Crippen LogP contribution in [0.4, 0.5) is 5.69 Å². The summed E-state index contributed by atoms with van der Waals surface area (Å²) in [4.78, 5) is 29.1. The molecule has 3 rings (SSSR count). The minimum Gasteiger partial charge on any atom is -0.354 e. The number of hydrogen-bond donors (Lipinski definition) is 1. The predicted molar refractivity (Wildman–Crippen MR) is 170 cm³/mol. The number of carbonyl (C=O) groups is 2. The van der Waals surface area contributed by atoms with Gasteiger partial charge in [-0.3, -0.25) is 13.9 Å². The molecule has 0 spiro atoms. The van der Waals surface area contributed by atoms with E-state index in [0.29, 0.717) is 27.8 Å². The number of rotatable bonds is 13. The molecule has 1 N–H and O–H groups in total. The van der Waals surface area contributed by atoms with Gasteiger partial charge in [0, 0.05) is 33.1 Å². The lowest BCUT2D eigenvalue weighted by molar-refractivity contribution is -0.140. The van der Waals surface area contributed by atoms with E-state index in [1.54, 1.807) is 42.5 Å². The van der Waals surface area contributed by atoms with Crippen molar-refractivity contribution in [2.24, 2.45) is 0 Å². The first-order chi connectivity index (χ1) is 19.0. The number of nitrogens with zero attached hydrogens (tertiary/aromatic N) is 2. The third-order valence-electron chi connectivity index (χ3n) is 6.25. The lowest BCUT2D eigenvalue weighted by Crippen LogP contribution is -2.53. The van der Waals surface area contributed by atoms with E-state index in [1.165, 1.54) is 4.90 Å². The van der Waals surface area contributed by atoms with E-state index in [4.69, 9.17) is 23.2 Å². The molecule has 0 unspecified atom stereocenters. The number of halogens is 3. The summed E-state index contributed by atoms with van der Waals surface area (Å²) in [5, 5.41) is 3.73. The van der Waals surface area contributed by atoms with Crippen molar-refractivity contribution in [3.05, 3.63) is 97.5 Å². The van der Waals surface area contributed by atoms with Crippen LogP contribution in [-0.2, 0) is 32.6 Å². The molecule has 11 heteroatoms. The van der Waals surface area contributed by atoms with Crippen LogP contribution in [0.25, 0.3) is 0 Å². The first-order valence-corrected chi connectivity index (χ1v) is 16.5. The first-order valence-electron chi connectivity index (χ1n) is 12.8. The highest BCUT2D eigenvalue weighted by Gasteiger charge is 2.33. The summed E-state index contributed by atoms with van der Waals surface area (Å²) in [6.07, 6.45) is 2.97. The fourth-order valence-corrected chi connectivity index (χ4v) is 5.79. The molecule has 2 amide bonds. The summed E-state index contributed by atoms with van der Waals surface area (Å²) in [6.45, 7) is 1.98. The highest BCUT2D eigenvalue weighted by Crippen LogP contribution is 2.25. The second-order valence-electron chi connectivity index (χ2n) is 9.35. The largest absolute Gasteiger partial charge is 0.354 e. The summed E-state index contributed by atoms with van der Waals surface area (Å²) < 4.78 is 27.6. The fourth-order valence-electron chi connectivity index (χ4n) is 4.11. The number of unbranched alkanes of at least 4 members (excludes halogenated alkanes) is 1. The van der Waals surface area contributed by atoms with Gasteiger partial charge in [-0.1, -0.05) is 72.9 Å². The Labute approximate surface area is 260 Å². The van der Waals surface area contributed by atoms with Gasteiger partial charge in [0.15, 0.2) is 0 Å². The third kappa shape index (κ3) is 9.36. The van der Waals surface area contributed by atoms with Crippen LogP contribution in [0.15, 0.2) is 72.8 Å². The Balaban J connectivity index is 2.05. The molecule has 0 aromatic heterocycles. The number of carbonyl (C=O) groups excluding carboxylic acids is 2. The molecule has 214 valence electrons. The van der Waals surface area contributed by atoms with Crippen LogP contribution in [-0.4, -0.2) is 50.5 Å². The summed E-state index contributed by atoms with van der Waals surface area (Å²) in [5.41, 5.74) is 1.79. The fraction of sp³-hybridized carbons (Fsp3) is 0.310. The van der Waals surface area contributed by atoms with Crippen LogP contribution in [0.1, 0.15) is 30.9 Å². The molecule has 0 bridgehead atoms. The van der Waals surface area contributed by atoms with Crippen molar-refractivity contribution in [2.45, 2.75) is 38.8 Å². The summed E-state index contributed by atoms with van der Waals surface area (Å²) in [6, 6.07) is 20.2. The Bertz CT molecular complexity index is 1410. The van der Waals surface area contributed by atoms with Crippen molar-refractivity contribution in [3.8, 4) is 0 Å². The van der Waals surface area contributed by atoms with E-state index in [9.17, 15) is 18.0 Å². The normalized spacial score (nSPS) is 12.0. The van der Waals surface area contributed by atoms with Crippen LogP contribution in [0.5, 0.6) is 0 Å². The van der Waals surface area contributed by atoms with Crippen molar-refractivity contribution < 1.29 is 18.0 Å². The molecular formula is C29H32Cl2IN3O4S. The smallest absolute Gasteiger partial charge is 0.244 e. The van der Waals surface area contributed by atoms with Crippen molar-refractivity contribution >= 4 is 73.3 Å². The lowest BCUT2D eigenvalue weighted by atomic mass is 10.0. The molecule has 0 saturated heterocycles. The second-order valence-corrected chi connectivity index (χ2v) is 13.3. The van der Waals surface area contributed by atoms with Gasteiger partial charge in [-0.15, -0.1) is 0 Å². The lowest BCUT2D eigenvalue weighted by Gasteiger charge is -2.33. The Kier molecular flexibility index (Phi) is 12.1. The molecule has 40 heavy (non-hydrogen) atoms. The predicted octanol–water partition coefficient (Wildman–Crippen LogP) is 5.92. The molecule has 0 aliphatic heterocycles.